The number of nitrogen functional groups attached to an aromatic ring is 1. The summed E-state index contributed by atoms with van der Waals surface area (Å²) in [5, 5.41) is 0.0406. The molecule has 4 N–H and O–H groups in total. The molecule has 0 unspecified atom stereocenters. The first-order chi connectivity index (χ1) is 8.79. The Balaban J connectivity index is 2.38. The van der Waals surface area contributed by atoms with Crippen LogP contribution in [0.4, 0.5) is 11.4 Å². The lowest BCUT2D eigenvalue weighted by Crippen LogP contribution is -2.14. The Labute approximate surface area is 112 Å². The zero-order valence-electron chi connectivity index (χ0n) is 11.0. The van der Waals surface area contributed by atoms with Crippen molar-refractivity contribution < 1.29 is 8.42 Å². The third-order valence-electron chi connectivity index (χ3n) is 2.83. The fourth-order valence-corrected chi connectivity index (χ4v) is 2.78. The van der Waals surface area contributed by atoms with E-state index in [1.54, 1.807) is 26.0 Å². The number of hydrogen-bond acceptors (Lipinski definition) is 4. The fraction of sp³-hybridized carbons (Fsp3) is 0.250. The van der Waals surface area contributed by atoms with Crippen LogP contribution >= 0.6 is 0 Å². The van der Waals surface area contributed by atoms with E-state index in [1.165, 1.54) is 6.20 Å². The van der Waals surface area contributed by atoms with Crippen molar-refractivity contribution in [1.82, 2.24) is 9.97 Å². The van der Waals surface area contributed by atoms with Gasteiger partial charge in [-0.05, 0) is 44.0 Å². The minimum atomic E-state index is -3.65. The maximum Gasteiger partial charge on any atom is 0.278 e. The number of sulfonamides is 1. The molecule has 0 saturated heterocycles. The van der Waals surface area contributed by atoms with Crippen molar-refractivity contribution in [1.29, 1.82) is 0 Å². The summed E-state index contributed by atoms with van der Waals surface area (Å²) < 4.78 is 26.8. The van der Waals surface area contributed by atoms with Crippen LogP contribution in [-0.4, -0.2) is 18.4 Å². The number of hydrogen-bond donors (Lipinski definition) is 3. The van der Waals surface area contributed by atoms with Crippen molar-refractivity contribution in [2.75, 3.05) is 10.5 Å². The van der Waals surface area contributed by atoms with Crippen molar-refractivity contribution in [2.45, 2.75) is 25.8 Å². The van der Waals surface area contributed by atoms with E-state index in [-0.39, 0.29) is 5.03 Å². The van der Waals surface area contributed by atoms with E-state index >= 15 is 0 Å². The average molecular weight is 280 g/mol. The number of benzene rings is 1. The summed E-state index contributed by atoms with van der Waals surface area (Å²) in [7, 11) is -3.65. The number of nitrogens with zero attached hydrogens (tertiary/aromatic N) is 1. The fourth-order valence-electron chi connectivity index (χ4n) is 1.68. The number of H-pyrrole nitrogens is 1. The molecule has 1 aromatic carbocycles. The summed E-state index contributed by atoms with van der Waals surface area (Å²) in [5.74, 6) is 0.547. The SMILES string of the molecule is Cc1ncc(S(=O)(=O)Nc2cc(C)c(N)cc2C)[nH]1. The maximum absolute atomic E-state index is 12.1. The number of imidazole rings is 1. The van der Waals surface area contributed by atoms with Gasteiger partial charge in [-0.15, -0.1) is 0 Å². The summed E-state index contributed by atoms with van der Waals surface area (Å²) in [5.41, 5.74) is 8.51. The zero-order valence-corrected chi connectivity index (χ0v) is 11.8. The molecule has 0 aliphatic heterocycles. The van der Waals surface area contributed by atoms with Crippen molar-refractivity contribution >= 4 is 21.4 Å². The largest absolute Gasteiger partial charge is 0.399 e. The smallest absolute Gasteiger partial charge is 0.278 e. The number of aromatic nitrogens is 2. The number of anilines is 2. The highest BCUT2D eigenvalue weighted by atomic mass is 32.2. The number of aromatic amines is 1. The second-order valence-electron chi connectivity index (χ2n) is 4.46. The van der Waals surface area contributed by atoms with Crippen molar-refractivity contribution in [3.63, 3.8) is 0 Å². The van der Waals surface area contributed by atoms with Crippen molar-refractivity contribution in [3.05, 3.63) is 35.3 Å². The van der Waals surface area contributed by atoms with E-state index in [2.05, 4.69) is 14.7 Å². The van der Waals surface area contributed by atoms with Crippen LogP contribution < -0.4 is 10.5 Å². The Hall–Kier alpha value is -2.02. The van der Waals surface area contributed by atoms with E-state index in [0.29, 0.717) is 17.2 Å². The number of nitrogens with two attached hydrogens (primary N) is 1. The van der Waals surface area contributed by atoms with Gasteiger partial charge in [0, 0.05) is 5.69 Å². The first-order valence-corrected chi connectivity index (χ1v) is 7.19. The molecule has 1 heterocycles. The van der Waals surface area contributed by atoms with Gasteiger partial charge in [-0.25, -0.2) is 4.98 Å². The zero-order chi connectivity index (χ0) is 14.2. The second-order valence-corrected chi connectivity index (χ2v) is 6.11. The lowest BCUT2D eigenvalue weighted by molar-refractivity contribution is 0.598. The number of nitrogens with one attached hydrogen (secondary N) is 2. The normalized spacial score (nSPS) is 11.5. The van der Waals surface area contributed by atoms with Gasteiger partial charge in [0.15, 0.2) is 5.03 Å². The molecule has 2 rings (SSSR count). The monoisotopic (exact) mass is 280 g/mol. The van der Waals surface area contributed by atoms with E-state index < -0.39 is 10.0 Å². The van der Waals surface area contributed by atoms with E-state index in [0.717, 1.165) is 11.1 Å². The van der Waals surface area contributed by atoms with Crippen LogP contribution in [0.3, 0.4) is 0 Å². The molecular weight excluding hydrogens is 264 g/mol. The maximum atomic E-state index is 12.1. The van der Waals surface area contributed by atoms with Crippen LogP contribution in [0, 0.1) is 20.8 Å². The predicted molar refractivity (Wildman–Crippen MR) is 74.5 cm³/mol. The first kappa shape index (κ1) is 13.4. The van der Waals surface area contributed by atoms with Crippen molar-refractivity contribution in [3.8, 4) is 0 Å². The molecule has 6 nitrogen and oxygen atoms in total. The quantitative estimate of drug-likeness (QED) is 0.745. The highest BCUT2D eigenvalue weighted by Crippen LogP contribution is 2.24. The summed E-state index contributed by atoms with van der Waals surface area (Å²) >= 11 is 0. The van der Waals surface area contributed by atoms with Crippen molar-refractivity contribution in [2.24, 2.45) is 0 Å². The van der Waals surface area contributed by atoms with Crippen LogP contribution in [-0.2, 0) is 10.0 Å². The molecule has 2 aromatic rings. The van der Waals surface area contributed by atoms with Gasteiger partial charge in [0.05, 0.1) is 11.9 Å². The molecule has 1 aromatic heterocycles. The minimum absolute atomic E-state index is 0.0406. The van der Waals surface area contributed by atoms with Gasteiger partial charge in [0.25, 0.3) is 10.0 Å². The van der Waals surface area contributed by atoms with Crippen LogP contribution in [0.5, 0.6) is 0 Å². The molecule has 0 spiro atoms. The van der Waals surface area contributed by atoms with Gasteiger partial charge in [-0.1, -0.05) is 0 Å². The molecule has 0 amide bonds. The molecular formula is C12H16N4O2S. The summed E-state index contributed by atoms with van der Waals surface area (Å²) in [6.07, 6.45) is 1.29. The van der Waals surface area contributed by atoms with Crippen LogP contribution in [0.15, 0.2) is 23.4 Å². The topological polar surface area (TPSA) is 101 Å². The highest BCUT2D eigenvalue weighted by Gasteiger charge is 2.17. The highest BCUT2D eigenvalue weighted by molar-refractivity contribution is 7.92. The minimum Gasteiger partial charge on any atom is -0.399 e. The Morgan fingerprint density at radius 1 is 1.21 bits per heavy atom. The molecule has 102 valence electrons. The molecule has 0 bridgehead atoms. The van der Waals surface area contributed by atoms with Crippen LogP contribution in [0.2, 0.25) is 0 Å². The van der Waals surface area contributed by atoms with Gasteiger partial charge < -0.3 is 10.7 Å². The molecule has 0 aliphatic carbocycles. The lowest BCUT2D eigenvalue weighted by atomic mass is 10.1. The third-order valence-corrected chi connectivity index (χ3v) is 4.10. The molecule has 0 aliphatic rings. The Bertz CT molecular complexity index is 719. The summed E-state index contributed by atoms with van der Waals surface area (Å²) in [6.45, 7) is 5.32. The molecule has 0 radical (unpaired) electrons. The number of aryl methyl sites for hydroxylation is 3. The molecule has 0 fully saturated rings. The van der Waals surface area contributed by atoms with Crippen LogP contribution in [0.1, 0.15) is 17.0 Å². The van der Waals surface area contributed by atoms with Crippen LogP contribution in [0.25, 0.3) is 0 Å². The first-order valence-electron chi connectivity index (χ1n) is 5.71. The third kappa shape index (κ3) is 2.70. The Morgan fingerprint density at radius 2 is 1.89 bits per heavy atom. The van der Waals surface area contributed by atoms with Gasteiger partial charge >= 0.3 is 0 Å². The molecule has 19 heavy (non-hydrogen) atoms. The second kappa shape index (κ2) is 4.58. The van der Waals surface area contributed by atoms with E-state index in [4.69, 9.17) is 5.73 Å². The Morgan fingerprint density at radius 3 is 2.47 bits per heavy atom. The van der Waals surface area contributed by atoms with E-state index in [9.17, 15) is 8.42 Å². The molecule has 0 saturated carbocycles. The predicted octanol–water partition coefficient (Wildman–Crippen LogP) is 1.72. The molecule has 7 heteroatoms. The standard InChI is InChI=1S/C12H16N4O2S/c1-7-5-11(8(2)4-10(7)13)16-19(17,18)12-6-14-9(3)15-12/h4-6,16H,13H2,1-3H3,(H,14,15). The summed E-state index contributed by atoms with van der Waals surface area (Å²) in [6, 6.07) is 3.46. The Kier molecular flexibility index (Phi) is 3.23. The summed E-state index contributed by atoms with van der Waals surface area (Å²) in [4.78, 5) is 6.58. The average Bonchev–Trinajstić information content (AvgIpc) is 2.73. The van der Waals surface area contributed by atoms with E-state index in [1.807, 2.05) is 6.92 Å². The van der Waals surface area contributed by atoms with Gasteiger partial charge in [-0.2, -0.15) is 8.42 Å². The van der Waals surface area contributed by atoms with Gasteiger partial charge in [0.1, 0.15) is 5.82 Å². The van der Waals surface area contributed by atoms with Gasteiger partial charge in [-0.3, -0.25) is 4.72 Å². The molecule has 0 atom stereocenters. The number of rotatable bonds is 3. The van der Waals surface area contributed by atoms with Gasteiger partial charge in [0.2, 0.25) is 0 Å². The lowest BCUT2D eigenvalue weighted by Gasteiger charge is -2.11.